The van der Waals surface area contributed by atoms with E-state index in [1.807, 2.05) is 70.2 Å². The zero-order valence-electron chi connectivity index (χ0n) is 24.0. The Morgan fingerprint density at radius 2 is 1.55 bits per heavy atom. The third kappa shape index (κ3) is 7.94. The first-order valence-corrected chi connectivity index (χ1v) is 15.4. The molecule has 0 radical (unpaired) electrons. The van der Waals surface area contributed by atoms with Gasteiger partial charge in [-0.25, -0.2) is 8.42 Å². The number of sulfonamides is 1. The molecule has 214 valence electrons. The van der Waals surface area contributed by atoms with E-state index in [9.17, 15) is 18.0 Å². The largest absolute Gasteiger partial charge is 0.354 e. The topological polar surface area (TPSA) is 86.8 Å². The van der Waals surface area contributed by atoms with Gasteiger partial charge < -0.3 is 10.2 Å². The van der Waals surface area contributed by atoms with Crippen molar-refractivity contribution in [3.05, 3.63) is 95.6 Å². The van der Waals surface area contributed by atoms with Gasteiger partial charge in [-0.2, -0.15) is 0 Å². The van der Waals surface area contributed by atoms with E-state index >= 15 is 0 Å². The van der Waals surface area contributed by atoms with Crippen LogP contribution in [0.1, 0.15) is 49.8 Å². The summed E-state index contributed by atoms with van der Waals surface area (Å²) in [5.74, 6) is -0.644. The Kier molecular flexibility index (Phi) is 11.3. The van der Waals surface area contributed by atoms with E-state index in [2.05, 4.69) is 5.32 Å². The lowest BCUT2D eigenvalue weighted by Crippen LogP contribution is -2.53. The predicted octanol–water partition coefficient (Wildman–Crippen LogP) is 5.26. The molecule has 3 aromatic rings. The molecule has 0 aliphatic heterocycles. The predicted molar refractivity (Wildman–Crippen MR) is 161 cm³/mol. The van der Waals surface area contributed by atoms with E-state index in [1.165, 1.54) is 16.4 Å². The van der Waals surface area contributed by atoms with Gasteiger partial charge in [0.25, 0.3) is 10.0 Å². The first-order chi connectivity index (χ1) is 19.2. The van der Waals surface area contributed by atoms with E-state index in [1.54, 1.807) is 29.2 Å². The molecule has 40 heavy (non-hydrogen) atoms. The second-order valence-electron chi connectivity index (χ2n) is 10.0. The molecule has 0 aliphatic carbocycles. The average Bonchev–Trinajstić information content (AvgIpc) is 2.95. The molecule has 2 amide bonds. The van der Waals surface area contributed by atoms with E-state index in [0.717, 1.165) is 29.5 Å². The fraction of sp³-hybridized carbons (Fsp3) is 0.375. The summed E-state index contributed by atoms with van der Waals surface area (Å²) < 4.78 is 29.0. The number of benzene rings is 3. The van der Waals surface area contributed by atoms with E-state index in [-0.39, 0.29) is 17.3 Å². The highest BCUT2D eigenvalue weighted by molar-refractivity contribution is 7.92. The fourth-order valence-electron chi connectivity index (χ4n) is 4.72. The van der Waals surface area contributed by atoms with E-state index in [0.29, 0.717) is 25.1 Å². The maximum Gasteiger partial charge on any atom is 0.264 e. The fourth-order valence-corrected chi connectivity index (χ4v) is 6.22. The van der Waals surface area contributed by atoms with Gasteiger partial charge in [0, 0.05) is 13.1 Å². The normalized spacial score (nSPS) is 12.0. The number of aryl methyl sites for hydroxylation is 2. The van der Waals surface area contributed by atoms with Crippen LogP contribution in [0.25, 0.3) is 0 Å². The van der Waals surface area contributed by atoms with Crippen LogP contribution in [0.3, 0.4) is 0 Å². The summed E-state index contributed by atoms with van der Waals surface area (Å²) >= 11 is 0. The Labute approximate surface area is 239 Å². The second-order valence-corrected chi connectivity index (χ2v) is 11.9. The van der Waals surface area contributed by atoms with Gasteiger partial charge >= 0.3 is 0 Å². The van der Waals surface area contributed by atoms with Crippen LogP contribution in [0.15, 0.2) is 83.8 Å². The standard InChI is InChI=1S/C32H41N3O4S/c1-5-7-21-33-32(37)29(6-2)34(22-20-27-14-10-8-11-15-27)31(36)24-35(30-19-18-25(3)23-26(30)4)40(38,39)28-16-12-9-13-17-28/h8-19,23,29H,5-7,20-22,24H2,1-4H3,(H,33,37)/t29-/m1/s1. The molecular weight excluding hydrogens is 522 g/mol. The van der Waals surface area contributed by atoms with Crippen LogP contribution >= 0.6 is 0 Å². The van der Waals surface area contributed by atoms with Crippen LogP contribution in [0, 0.1) is 13.8 Å². The van der Waals surface area contributed by atoms with Gasteiger partial charge in [0.15, 0.2) is 0 Å². The van der Waals surface area contributed by atoms with Crippen molar-refractivity contribution >= 4 is 27.5 Å². The molecule has 0 spiro atoms. The van der Waals surface area contributed by atoms with Gasteiger partial charge in [-0.1, -0.05) is 86.5 Å². The molecule has 3 aromatic carbocycles. The lowest BCUT2D eigenvalue weighted by atomic mass is 10.1. The molecule has 1 atom stereocenters. The molecule has 7 nitrogen and oxygen atoms in total. The smallest absolute Gasteiger partial charge is 0.264 e. The van der Waals surface area contributed by atoms with Crippen molar-refractivity contribution in [2.45, 2.75) is 64.3 Å². The summed E-state index contributed by atoms with van der Waals surface area (Å²) in [7, 11) is -4.07. The van der Waals surface area contributed by atoms with Crippen LogP contribution in [0.4, 0.5) is 5.69 Å². The zero-order chi connectivity index (χ0) is 29.1. The minimum Gasteiger partial charge on any atom is -0.354 e. The first kappa shape index (κ1) is 30.9. The van der Waals surface area contributed by atoms with Gasteiger partial charge in [-0.15, -0.1) is 0 Å². The Bertz CT molecular complexity index is 1360. The highest BCUT2D eigenvalue weighted by atomic mass is 32.2. The van der Waals surface area contributed by atoms with Gasteiger partial charge in [0.05, 0.1) is 10.6 Å². The molecule has 3 rings (SSSR count). The number of hydrogen-bond acceptors (Lipinski definition) is 4. The number of amides is 2. The molecule has 0 aromatic heterocycles. The number of unbranched alkanes of at least 4 members (excludes halogenated alkanes) is 1. The summed E-state index contributed by atoms with van der Waals surface area (Å²) in [6.07, 6.45) is 2.74. The molecule has 0 saturated heterocycles. The van der Waals surface area contributed by atoms with Gasteiger partial charge in [-0.05, 0) is 62.4 Å². The van der Waals surface area contributed by atoms with Crippen molar-refractivity contribution in [2.75, 3.05) is 23.9 Å². The van der Waals surface area contributed by atoms with Gasteiger partial charge in [-0.3, -0.25) is 13.9 Å². The van der Waals surface area contributed by atoms with Crippen molar-refractivity contribution in [1.29, 1.82) is 0 Å². The van der Waals surface area contributed by atoms with Crippen molar-refractivity contribution in [3.8, 4) is 0 Å². The highest BCUT2D eigenvalue weighted by Gasteiger charge is 2.33. The number of carbonyl (C=O) groups excluding carboxylic acids is 2. The van der Waals surface area contributed by atoms with Gasteiger partial charge in [0.1, 0.15) is 12.6 Å². The quantitative estimate of drug-likeness (QED) is 0.271. The lowest BCUT2D eigenvalue weighted by molar-refractivity contribution is -0.139. The molecule has 0 bridgehead atoms. The number of nitrogens with zero attached hydrogens (tertiary/aromatic N) is 2. The molecule has 0 fully saturated rings. The minimum absolute atomic E-state index is 0.1000. The molecule has 8 heteroatoms. The molecular formula is C32H41N3O4S. The molecule has 1 N–H and O–H groups in total. The number of nitrogens with one attached hydrogen (secondary N) is 1. The summed E-state index contributed by atoms with van der Waals surface area (Å²) in [5.41, 5.74) is 3.20. The monoisotopic (exact) mass is 563 g/mol. The Hall–Kier alpha value is -3.65. The van der Waals surface area contributed by atoms with Crippen LogP contribution in [-0.2, 0) is 26.0 Å². The maximum absolute atomic E-state index is 14.1. The number of rotatable bonds is 14. The number of anilines is 1. The summed E-state index contributed by atoms with van der Waals surface area (Å²) in [5, 5.41) is 2.96. The first-order valence-electron chi connectivity index (χ1n) is 13.9. The third-order valence-corrected chi connectivity index (χ3v) is 8.70. The van der Waals surface area contributed by atoms with E-state index < -0.39 is 28.5 Å². The van der Waals surface area contributed by atoms with Crippen molar-refractivity contribution in [2.24, 2.45) is 0 Å². The van der Waals surface area contributed by atoms with E-state index in [4.69, 9.17) is 0 Å². The van der Waals surface area contributed by atoms with Gasteiger partial charge in [0.2, 0.25) is 11.8 Å². The number of hydrogen-bond donors (Lipinski definition) is 1. The van der Waals surface area contributed by atoms with Crippen molar-refractivity contribution in [3.63, 3.8) is 0 Å². The second kappa shape index (κ2) is 14.7. The van der Waals surface area contributed by atoms with Crippen molar-refractivity contribution < 1.29 is 18.0 Å². The van der Waals surface area contributed by atoms with Crippen LogP contribution in [0.2, 0.25) is 0 Å². The summed E-state index contributed by atoms with van der Waals surface area (Å²) in [6, 6.07) is 22.6. The Balaban J connectivity index is 2.00. The van der Waals surface area contributed by atoms with Crippen LogP contribution in [0.5, 0.6) is 0 Å². The molecule has 0 unspecified atom stereocenters. The Morgan fingerprint density at radius 3 is 2.15 bits per heavy atom. The number of carbonyl (C=O) groups is 2. The molecule has 0 aliphatic rings. The maximum atomic E-state index is 14.1. The van der Waals surface area contributed by atoms with Crippen LogP contribution < -0.4 is 9.62 Å². The minimum atomic E-state index is -4.07. The lowest BCUT2D eigenvalue weighted by Gasteiger charge is -2.33. The average molecular weight is 564 g/mol. The Morgan fingerprint density at radius 1 is 0.900 bits per heavy atom. The van der Waals surface area contributed by atoms with Crippen LogP contribution in [-0.4, -0.2) is 50.8 Å². The SMILES string of the molecule is CCCCNC(=O)[C@@H](CC)N(CCc1ccccc1)C(=O)CN(c1ccc(C)cc1C)S(=O)(=O)c1ccccc1. The summed E-state index contributed by atoms with van der Waals surface area (Å²) in [6.45, 7) is 8.09. The van der Waals surface area contributed by atoms with Crippen molar-refractivity contribution in [1.82, 2.24) is 10.2 Å². The zero-order valence-corrected chi connectivity index (χ0v) is 24.8. The highest BCUT2D eigenvalue weighted by Crippen LogP contribution is 2.28. The molecule has 0 heterocycles. The summed E-state index contributed by atoms with van der Waals surface area (Å²) in [4.78, 5) is 29.0. The molecule has 0 saturated carbocycles. The third-order valence-electron chi connectivity index (χ3n) is 6.93.